The fourth-order valence-corrected chi connectivity index (χ4v) is 5.18. The first-order valence-electron chi connectivity index (χ1n) is 7.18. The molecule has 0 amide bonds. The molecule has 0 spiro atoms. The Balaban J connectivity index is 3.28. The largest absolute Gasteiger partial charge is 0.450 e. The molecule has 1 aromatic rings. The van der Waals surface area contributed by atoms with E-state index in [0.717, 1.165) is 12.8 Å². The zero-order valence-electron chi connectivity index (χ0n) is 13.0. The van der Waals surface area contributed by atoms with Gasteiger partial charge in [0.05, 0.1) is 0 Å². The van der Waals surface area contributed by atoms with Gasteiger partial charge in [0.25, 0.3) is 0 Å². The average Bonchev–Trinajstić information content (AvgIpc) is 2.80. The second-order valence-corrected chi connectivity index (χ2v) is 8.03. The Bertz CT molecular complexity index is 549. The zero-order valence-corrected chi connectivity index (χ0v) is 15.4. The van der Waals surface area contributed by atoms with Crippen molar-refractivity contribution in [2.45, 2.75) is 58.1 Å². The number of rotatable bonds is 8. The van der Waals surface area contributed by atoms with Crippen LogP contribution in [0.1, 0.15) is 46.3 Å². The van der Waals surface area contributed by atoms with E-state index < -0.39 is 10.0 Å². The van der Waals surface area contributed by atoms with Crippen LogP contribution in [0.25, 0.3) is 0 Å². The summed E-state index contributed by atoms with van der Waals surface area (Å²) >= 11 is 3.14. The standard InChI is InChI=1S/C14H24BrNO4S/c1-5-11(6-2)16(8-10(3)4)21(18,19)13-7-12(9-17)20-14(13)15/h7,10-11,17H,5-6,8-9H2,1-4H3. The Labute approximate surface area is 135 Å². The molecule has 1 aromatic heterocycles. The number of aliphatic hydroxyl groups is 1. The molecule has 0 atom stereocenters. The summed E-state index contributed by atoms with van der Waals surface area (Å²) < 4.78 is 32.8. The van der Waals surface area contributed by atoms with E-state index in [9.17, 15) is 8.42 Å². The average molecular weight is 382 g/mol. The minimum Gasteiger partial charge on any atom is -0.450 e. The first-order chi connectivity index (χ1) is 9.77. The predicted octanol–water partition coefficient (Wildman–Crippen LogP) is 3.37. The molecule has 0 radical (unpaired) electrons. The van der Waals surface area contributed by atoms with E-state index >= 15 is 0 Å². The van der Waals surface area contributed by atoms with Crippen LogP contribution in [-0.4, -0.2) is 30.4 Å². The summed E-state index contributed by atoms with van der Waals surface area (Å²) in [4.78, 5) is 0.0825. The highest BCUT2D eigenvalue weighted by Crippen LogP contribution is 2.31. The molecule has 5 nitrogen and oxygen atoms in total. The highest BCUT2D eigenvalue weighted by atomic mass is 79.9. The molecule has 0 aromatic carbocycles. The van der Waals surface area contributed by atoms with Gasteiger partial charge in [-0.15, -0.1) is 0 Å². The number of nitrogens with zero attached hydrogens (tertiary/aromatic N) is 1. The fourth-order valence-electron chi connectivity index (χ4n) is 2.28. The van der Waals surface area contributed by atoms with Gasteiger partial charge >= 0.3 is 0 Å². The third-order valence-electron chi connectivity index (χ3n) is 3.34. The van der Waals surface area contributed by atoms with E-state index in [2.05, 4.69) is 15.9 Å². The van der Waals surface area contributed by atoms with Crippen molar-refractivity contribution < 1.29 is 17.9 Å². The van der Waals surface area contributed by atoms with Crippen LogP contribution in [0.5, 0.6) is 0 Å². The van der Waals surface area contributed by atoms with Crippen LogP contribution >= 0.6 is 15.9 Å². The van der Waals surface area contributed by atoms with Crippen molar-refractivity contribution in [3.05, 3.63) is 16.5 Å². The topological polar surface area (TPSA) is 70.8 Å². The third kappa shape index (κ3) is 4.31. The summed E-state index contributed by atoms with van der Waals surface area (Å²) in [5.74, 6) is 0.456. The Morgan fingerprint density at radius 3 is 2.29 bits per heavy atom. The SMILES string of the molecule is CCC(CC)N(CC(C)C)S(=O)(=O)c1cc(CO)oc1Br. The summed E-state index contributed by atoms with van der Waals surface area (Å²) in [6.07, 6.45) is 1.51. The maximum absolute atomic E-state index is 12.9. The molecule has 122 valence electrons. The Hall–Kier alpha value is -0.370. The molecule has 0 saturated heterocycles. The van der Waals surface area contributed by atoms with Gasteiger partial charge in [0, 0.05) is 18.7 Å². The zero-order chi connectivity index (χ0) is 16.2. The molecule has 0 aliphatic carbocycles. The molecular formula is C14H24BrNO4S. The highest BCUT2D eigenvalue weighted by Gasteiger charge is 2.33. The van der Waals surface area contributed by atoms with Crippen molar-refractivity contribution in [3.8, 4) is 0 Å². The molecule has 0 unspecified atom stereocenters. The van der Waals surface area contributed by atoms with Crippen molar-refractivity contribution in [2.24, 2.45) is 5.92 Å². The van der Waals surface area contributed by atoms with Crippen LogP contribution < -0.4 is 0 Å². The molecule has 0 fully saturated rings. The van der Waals surface area contributed by atoms with Gasteiger partial charge in [0.15, 0.2) is 4.67 Å². The summed E-state index contributed by atoms with van der Waals surface area (Å²) in [5.41, 5.74) is 0. The lowest BCUT2D eigenvalue weighted by Gasteiger charge is -2.30. The van der Waals surface area contributed by atoms with Crippen LogP contribution in [0.3, 0.4) is 0 Å². The third-order valence-corrected chi connectivity index (χ3v) is 6.12. The second kappa shape index (κ2) is 7.76. The van der Waals surface area contributed by atoms with E-state index in [4.69, 9.17) is 9.52 Å². The monoisotopic (exact) mass is 381 g/mol. The first-order valence-corrected chi connectivity index (χ1v) is 9.42. The lowest BCUT2D eigenvalue weighted by molar-refractivity contribution is 0.244. The lowest BCUT2D eigenvalue weighted by Crippen LogP contribution is -2.41. The van der Waals surface area contributed by atoms with Crippen LogP contribution in [0.4, 0.5) is 0 Å². The molecule has 0 saturated carbocycles. The van der Waals surface area contributed by atoms with Gasteiger partial charge < -0.3 is 9.52 Å². The molecular weight excluding hydrogens is 358 g/mol. The molecule has 0 bridgehead atoms. The van der Waals surface area contributed by atoms with Gasteiger partial charge in [-0.2, -0.15) is 4.31 Å². The van der Waals surface area contributed by atoms with Crippen molar-refractivity contribution in [1.29, 1.82) is 0 Å². The molecule has 1 rings (SSSR count). The maximum atomic E-state index is 12.9. The van der Waals surface area contributed by atoms with Gasteiger partial charge in [0.1, 0.15) is 17.3 Å². The highest BCUT2D eigenvalue weighted by molar-refractivity contribution is 9.10. The Morgan fingerprint density at radius 1 is 1.33 bits per heavy atom. The maximum Gasteiger partial charge on any atom is 0.247 e. The van der Waals surface area contributed by atoms with Crippen LogP contribution in [0.15, 0.2) is 20.0 Å². The molecule has 0 aliphatic rings. The van der Waals surface area contributed by atoms with E-state index in [1.165, 1.54) is 6.07 Å². The molecule has 1 N–H and O–H groups in total. The predicted molar refractivity (Wildman–Crippen MR) is 85.4 cm³/mol. The van der Waals surface area contributed by atoms with Crippen LogP contribution in [0.2, 0.25) is 0 Å². The summed E-state index contributed by atoms with van der Waals surface area (Å²) in [5, 5.41) is 9.10. The number of hydrogen-bond donors (Lipinski definition) is 1. The molecule has 21 heavy (non-hydrogen) atoms. The fraction of sp³-hybridized carbons (Fsp3) is 0.714. The normalized spacial score (nSPS) is 12.8. The van der Waals surface area contributed by atoms with E-state index in [0.29, 0.717) is 6.54 Å². The number of furan rings is 1. The number of sulfonamides is 1. The van der Waals surface area contributed by atoms with Gasteiger partial charge in [-0.05, 0) is 34.7 Å². The Kier molecular flexibility index (Phi) is 6.90. The van der Waals surface area contributed by atoms with E-state index in [-0.39, 0.29) is 33.9 Å². The van der Waals surface area contributed by atoms with Gasteiger partial charge in [0.2, 0.25) is 10.0 Å². The van der Waals surface area contributed by atoms with E-state index in [1.807, 2.05) is 27.7 Å². The molecule has 0 aliphatic heterocycles. The smallest absolute Gasteiger partial charge is 0.247 e. The first kappa shape index (κ1) is 18.7. The lowest BCUT2D eigenvalue weighted by atomic mass is 10.1. The van der Waals surface area contributed by atoms with E-state index in [1.54, 1.807) is 4.31 Å². The van der Waals surface area contributed by atoms with Crippen molar-refractivity contribution >= 4 is 26.0 Å². The van der Waals surface area contributed by atoms with Gasteiger partial charge in [-0.25, -0.2) is 8.42 Å². The number of aliphatic hydroxyl groups excluding tert-OH is 1. The summed E-state index contributed by atoms with van der Waals surface area (Å²) in [6, 6.07) is 1.34. The van der Waals surface area contributed by atoms with Crippen LogP contribution in [0, 0.1) is 5.92 Å². The molecule has 1 heterocycles. The minimum atomic E-state index is -3.66. The quantitative estimate of drug-likeness (QED) is 0.748. The minimum absolute atomic E-state index is 0.0447. The van der Waals surface area contributed by atoms with Crippen LogP contribution in [-0.2, 0) is 16.6 Å². The van der Waals surface area contributed by atoms with Crippen molar-refractivity contribution in [1.82, 2.24) is 4.31 Å². The Morgan fingerprint density at radius 2 is 1.90 bits per heavy atom. The van der Waals surface area contributed by atoms with Crippen molar-refractivity contribution in [3.63, 3.8) is 0 Å². The van der Waals surface area contributed by atoms with Gasteiger partial charge in [-0.3, -0.25) is 0 Å². The molecule has 7 heteroatoms. The van der Waals surface area contributed by atoms with Crippen molar-refractivity contribution in [2.75, 3.05) is 6.54 Å². The van der Waals surface area contributed by atoms with Gasteiger partial charge in [-0.1, -0.05) is 27.7 Å². The second-order valence-electron chi connectivity index (χ2n) is 5.45. The summed E-state index contributed by atoms with van der Waals surface area (Å²) in [6.45, 7) is 8.09. The summed E-state index contributed by atoms with van der Waals surface area (Å²) in [7, 11) is -3.66. The number of hydrogen-bond acceptors (Lipinski definition) is 4. The number of halogens is 1.